The number of benzene rings is 2. The molecule has 0 bridgehead atoms. The van der Waals surface area contributed by atoms with E-state index in [-0.39, 0.29) is 0 Å². The number of nitrogens with zero attached hydrogens (tertiary/aromatic N) is 2. The van der Waals surface area contributed by atoms with E-state index in [1.54, 1.807) is 30.3 Å². The third-order valence-electron chi connectivity index (χ3n) is 4.06. The lowest BCUT2D eigenvalue weighted by Crippen LogP contribution is -1.82. The minimum atomic E-state index is 0.434. The predicted octanol–water partition coefficient (Wildman–Crippen LogP) is 8.20. The van der Waals surface area contributed by atoms with Gasteiger partial charge >= 0.3 is 0 Å². The minimum Gasteiger partial charge on any atom is -0.457 e. The van der Waals surface area contributed by atoms with Gasteiger partial charge in [0, 0.05) is 37.1 Å². The molecule has 4 aromatic rings. The van der Waals surface area contributed by atoms with Gasteiger partial charge < -0.3 is 4.42 Å². The van der Waals surface area contributed by atoms with Crippen LogP contribution in [0.15, 0.2) is 68.9 Å². The Kier molecular flexibility index (Phi) is 5.89. The van der Waals surface area contributed by atoms with Crippen LogP contribution < -0.4 is 0 Å². The second-order valence-electron chi connectivity index (χ2n) is 6.07. The summed E-state index contributed by atoms with van der Waals surface area (Å²) in [5, 5.41) is 13.2. The molecule has 2 aromatic carbocycles. The van der Waals surface area contributed by atoms with Gasteiger partial charge in [-0.1, -0.05) is 51.3 Å². The van der Waals surface area contributed by atoms with Gasteiger partial charge in [-0.3, -0.25) is 0 Å². The van der Waals surface area contributed by atoms with Gasteiger partial charge in [-0.2, -0.15) is 5.26 Å². The van der Waals surface area contributed by atoms with Gasteiger partial charge in [-0.05, 0) is 42.5 Å². The molecule has 142 valence electrons. The van der Waals surface area contributed by atoms with Crippen LogP contribution in [0.25, 0.3) is 34.2 Å². The van der Waals surface area contributed by atoms with Gasteiger partial charge in [0.1, 0.15) is 22.6 Å². The highest BCUT2D eigenvalue weighted by Crippen LogP contribution is 2.31. The van der Waals surface area contributed by atoms with Crippen LogP contribution in [0.1, 0.15) is 10.8 Å². The Hall–Kier alpha value is -2.36. The number of halogens is 3. The van der Waals surface area contributed by atoms with E-state index in [4.69, 9.17) is 27.6 Å². The van der Waals surface area contributed by atoms with Crippen LogP contribution in [0.5, 0.6) is 0 Å². The average molecular weight is 502 g/mol. The van der Waals surface area contributed by atoms with Crippen molar-refractivity contribution in [2.24, 2.45) is 0 Å². The van der Waals surface area contributed by atoms with Crippen molar-refractivity contribution in [3.63, 3.8) is 0 Å². The number of furan rings is 1. The molecular formula is C22H11BrCl2N2OS. The maximum absolute atomic E-state index is 9.62. The van der Waals surface area contributed by atoms with E-state index in [1.165, 1.54) is 11.3 Å². The number of aromatic nitrogens is 1. The maximum atomic E-state index is 9.62. The molecule has 0 atom stereocenters. The summed E-state index contributed by atoms with van der Waals surface area (Å²) in [4.78, 5) is 4.60. The first-order valence-corrected chi connectivity index (χ1v) is 10.8. The number of allylic oxidation sites excluding steroid dienone is 1. The fourth-order valence-electron chi connectivity index (χ4n) is 2.72. The summed E-state index contributed by atoms with van der Waals surface area (Å²) < 4.78 is 6.87. The van der Waals surface area contributed by atoms with Crippen molar-refractivity contribution < 1.29 is 4.42 Å². The van der Waals surface area contributed by atoms with Gasteiger partial charge in [-0.25, -0.2) is 4.98 Å². The molecule has 0 amide bonds. The van der Waals surface area contributed by atoms with Gasteiger partial charge in [-0.15, -0.1) is 11.3 Å². The van der Waals surface area contributed by atoms with Crippen LogP contribution in [0.3, 0.4) is 0 Å². The fraction of sp³-hybridized carbons (Fsp3) is 0. The van der Waals surface area contributed by atoms with E-state index in [9.17, 15) is 5.26 Å². The topological polar surface area (TPSA) is 49.8 Å². The summed E-state index contributed by atoms with van der Waals surface area (Å²) in [7, 11) is 0. The van der Waals surface area contributed by atoms with E-state index in [0.29, 0.717) is 32.1 Å². The second kappa shape index (κ2) is 8.56. The van der Waals surface area contributed by atoms with Gasteiger partial charge in [0.05, 0.1) is 11.3 Å². The zero-order chi connectivity index (χ0) is 20.4. The molecule has 2 heterocycles. The molecular weight excluding hydrogens is 491 g/mol. The van der Waals surface area contributed by atoms with E-state index >= 15 is 0 Å². The van der Waals surface area contributed by atoms with E-state index in [0.717, 1.165) is 21.3 Å². The molecule has 29 heavy (non-hydrogen) atoms. The van der Waals surface area contributed by atoms with Crippen molar-refractivity contribution in [3.05, 3.63) is 85.3 Å². The number of hydrogen-bond donors (Lipinski definition) is 0. The average Bonchev–Trinajstić information content (AvgIpc) is 3.36. The van der Waals surface area contributed by atoms with E-state index in [2.05, 4.69) is 27.0 Å². The van der Waals surface area contributed by atoms with Crippen molar-refractivity contribution in [1.82, 2.24) is 4.98 Å². The van der Waals surface area contributed by atoms with E-state index < -0.39 is 0 Å². The number of hydrogen-bond acceptors (Lipinski definition) is 4. The smallest absolute Gasteiger partial charge is 0.134 e. The van der Waals surface area contributed by atoms with Crippen LogP contribution in [0.4, 0.5) is 0 Å². The molecule has 0 radical (unpaired) electrons. The zero-order valence-electron chi connectivity index (χ0n) is 14.7. The predicted molar refractivity (Wildman–Crippen MR) is 123 cm³/mol. The lowest BCUT2D eigenvalue weighted by molar-refractivity contribution is 0.572. The Balaban J connectivity index is 1.63. The summed E-state index contributed by atoms with van der Waals surface area (Å²) in [5.41, 5.74) is 3.02. The van der Waals surface area contributed by atoms with Crippen molar-refractivity contribution in [3.8, 4) is 28.7 Å². The first kappa shape index (κ1) is 19.9. The van der Waals surface area contributed by atoms with Crippen molar-refractivity contribution in [1.29, 1.82) is 5.26 Å². The number of rotatable bonds is 4. The molecule has 4 rings (SSSR count). The molecule has 3 nitrogen and oxygen atoms in total. The SMILES string of the molecule is N#C/C(=C\c1ccc(-c2cc(Cl)cc(Cl)c2)o1)c1nc(-c2ccc(Br)cc2)cs1. The minimum absolute atomic E-state index is 0.434. The van der Waals surface area contributed by atoms with Crippen molar-refractivity contribution in [2.75, 3.05) is 0 Å². The summed E-state index contributed by atoms with van der Waals surface area (Å²) >= 11 is 17.0. The molecule has 0 unspecified atom stereocenters. The summed E-state index contributed by atoms with van der Waals surface area (Å²) in [6, 6.07) is 18.9. The molecule has 0 spiro atoms. The first-order valence-electron chi connectivity index (χ1n) is 8.42. The molecule has 0 aliphatic carbocycles. The molecule has 0 saturated carbocycles. The molecule has 0 aliphatic rings. The third-order valence-corrected chi connectivity index (χ3v) is 5.90. The zero-order valence-corrected chi connectivity index (χ0v) is 18.6. The first-order chi connectivity index (χ1) is 14.0. The third kappa shape index (κ3) is 4.63. The summed E-state index contributed by atoms with van der Waals surface area (Å²) in [5.74, 6) is 1.17. The van der Waals surface area contributed by atoms with Crippen LogP contribution in [0.2, 0.25) is 10.0 Å². The van der Waals surface area contributed by atoms with Crippen LogP contribution >= 0.6 is 50.5 Å². The maximum Gasteiger partial charge on any atom is 0.134 e. The molecule has 0 N–H and O–H groups in total. The van der Waals surface area contributed by atoms with Crippen LogP contribution in [-0.2, 0) is 0 Å². The van der Waals surface area contributed by atoms with Gasteiger partial charge in [0.2, 0.25) is 0 Å². The summed E-state index contributed by atoms with van der Waals surface area (Å²) in [6.07, 6.45) is 1.68. The summed E-state index contributed by atoms with van der Waals surface area (Å²) in [6.45, 7) is 0. The molecule has 0 saturated heterocycles. The lowest BCUT2D eigenvalue weighted by Gasteiger charge is -1.99. The standard InChI is InChI=1S/C22H11BrCl2N2OS/c23-16-3-1-13(2-4-16)20-12-29-22(27-20)15(11-26)9-19-5-6-21(28-19)14-7-17(24)10-18(25)8-14/h1-10,12H/b15-9+. The van der Waals surface area contributed by atoms with Crippen molar-refractivity contribution >= 4 is 62.1 Å². The lowest BCUT2D eigenvalue weighted by atomic mass is 10.2. The highest BCUT2D eigenvalue weighted by Gasteiger charge is 2.11. The van der Waals surface area contributed by atoms with Crippen molar-refractivity contribution in [2.45, 2.75) is 0 Å². The van der Waals surface area contributed by atoms with Gasteiger partial charge in [0.25, 0.3) is 0 Å². The highest BCUT2D eigenvalue weighted by atomic mass is 79.9. The fourth-order valence-corrected chi connectivity index (χ4v) is 4.30. The molecule has 7 heteroatoms. The number of nitriles is 1. The molecule has 2 aromatic heterocycles. The Morgan fingerprint density at radius 2 is 1.76 bits per heavy atom. The Labute approximate surface area is 190 Å². The van der Waals surface area contributed by atoms with Gasteiger partial charge in [0.15, 0.2) is 0 Å². The van der Waals surface area contributed by atoms with E-state index in [1.807, 2.05) is 35.7 Å². The second-order valence-corrected chi connectivity index (χ2v) is 8.72. The normalized spacial score (nSPS) is 11.4. The number of thiazole rings is 1. The Bertz CT molecular complexity index is 1230. The molecule has 0 aliphatic heterocycles. The van der Waals surface area contributed by atoms with Crippen LogP contribution in [-0.4, -0.2) is 4.98 Å². The monoisotopic (exact) mass is 500 g/mol. The largest absolute Gasteiger partial charge is 0.457 e. The Morgan fingerprint density at radius 3 is 2.45 bits per heavy atom. The Morgan fingerprint density at radius 1 is 1.03 bits per heavy atom. The highest BCUT2D eigenvalue weighted by molar-refractivity contribution is 9.10. The molecule has 0 fully saturated rings. The van der Waals surface area contributed by atoms with Crippen LogP contribution in [0, 0.1) is 11.3 Å². The quantitative estimate of drug-likeness (QED) is 0.265.